The van der Waals surface area contributed by atoms with Crippen molar-refractivity contribution in [3.63, 3.8) is 0 Å². The molecule has 1 aliphatic heterocycles. The maximum Gasteiger partial charge on any atom is 0.234 e. The Labute approximate surface area is 128 Å². The van der Waals surface area contributed by atoms with Gasteiger partial charge in [-0.1, -0.05) is 34.1 Å². The lowest BCUT2D eigenvalue weighted by Gasteiger charge is -2.29. The lowest BCUT2D eigenvalue weighted by atomic mass is 10.1. The van der Waals surface area contributed by atoms with Gasteiger partial charge in [-0.25, -0.2) is 0 Å². The van der Waals surface area contributed by atoms with E-state index < -0.39 is 0 Å². The molecule has 1 fully saturated rings. The van der Waals surface area contributed by atoms with Crippen LogP contribution in [0, 0.1) is 0 Å². The number of rotatable bonds is 4. The van der Waals surface area contributed by atoms with Crippen LogP contribution < -0.4 is 11.1 Å². The summed E-state index contributed by atoms with van der Waals surface area (Å²) in [6.07, 6.45) is 1.96. The summed E-state index contributed by atoms with van der Waals surface area (Å²) >= 11 is 3.52. The molecule has 2 rings (SSSR count). The summed E-state index contributed by atoms with van der Waals surface area (Å²) in [5.41, 5.74) is 6.97. The smallest absolute Gasteiger partial charge is 0.234 e. The molecule has 1 heterocycles. The first kappa shape index (κ1) is 15.5. The summed E-state index contributed by atoms with van der Waals surface area (Å²) in [5, 5.41) is 3.05. The molecular formula is C15H22BrN3O. The van der Waals surface area contributed by atoms with Crippen molar-refractivity contribution in [2.75, 3.05) is 19.6 Å². The average Bonchev–Trinajstić information content (AvgIpc) is 2.41. The number of hydrogen-bond acceptors (Lipinski definition) is 3. The van der Waals surface area contributed by atoms with Crippen molar-refractivity contribution >= 4 is 21.8 Å². The second-order valence-corrected chi connectivity index (χ2v) is 6.28. The Balaban J connectivity index is 1.84. The molecule has 1 atom stereocenters. The van der Waals surface area contributed by atoms with Crippen molar-refractivity contribution in [2.24, 2.45) is 5.73 Å². The number of halogens is 1. The van der Waals surface area contributed by atoms with Crippen LogP contribution >= 0.6 is 15.9 Å². The SMILES string of the molecule is CC(NC(=O)CN1CCC(N)CC1)c1ccccc1Br. The predicted octanol–water partition coefficient (Wildman–Crippen LogP) is 2.05. The lowest BCUT2D eigenvalue weighted by molar-refractivity contribution is -0.123. The van der Waals surface area contributed by atoms with Gasteiger partial charge in [0.2, 0.25) is 5.91 Å². The second kappa shape index (κ2) is 7.20. The van der Waals surface area contributed by atoms with Gasteiger partial charge in [0.05, 0.1) is 12.6 Å². The number of carbonyl (C=O) groups is 1. The van der Waals surface area contributed by atoms with Crippen LogP contribution in [0.2, 0.25) is 0 Å². The molecule has 1 aliphatic rings. The van der Waals surface area contributed by atoms with Crippen molar-refractivity contribution in [3.05, 3.63) is 34.3 Å². The van der Waals surface area contributed by atoms with Gasteiger partial charge in [-0.05, 0) is 31.4 Å². The van der Waals surface area contributed by atoms with Gasteiger partial charge in [0.25, 0.3) is 0 Å². The van der Waals surface area contributed by atoms with E-state index in [1.807, 2.05) is 31.2 Å². The molecule has 4 nitrogen and oxygen atoms in total. The molecule has 1 aromatic carbocycles. The summed E-state index contributed by atoms with van der Waals surface area (Å²) in [6.45, 7) is 4.29. The first-order valence-corrected chi connectivity index (χ1v) is 7.87. The molecule has 0 aliphatic carbocycles. The van der Waals surface area contributed by atoms with E-state index in [0.717, 1.165) is 36.0 Å². The largest absolute Gasteiger partial charge is 0.348 e. The van der Waals surface area contributed by atoms with Crippen molar-refractivity contribution in [3.8, 4) is 0 Å². The first-order valence-electron chi connectivity index (χ1n) is 7.08. The molecule has 5 heteroatoms. The zero-order chi connectivity index (χ0) is 14.5. The number of piperidine rings is 1. The van der Waals surface area contributed by atoms with E-state index in [-0.39, 0.29) is 11.9 Å². The Hall–Kier alpha value is -0.910. The molecule has 0 aromatic heterocycles. The van der Waals surface area contributed by atoms with Crippen LogP contribution in [-0.4, -0.2) is 36.5 Å². The minimum atomic E-state index is 0.00474. The maximum atomic E-state index is 12.1. The van der Waals surface area contributed by atoms with E-state index in [4.69, 9.17) is 5.73 Å². The van der Waals surface area contributed by atoms with E-state index in [0.29, 0.717) is 12.6 Å². The van der Waals surface area contributed by atoms with Gasteiger partial charge in [0, 0.05) is 23.6 Å². The van der Waals surface area contributed by atoms with Crippen LogP contribution in [0.15, 0.2) is 28.7 Å². The highest BCUT2D eigenvalue weighted by molar-refractivity contribution is 9.10. The van der Waals surface area contributed by atoms with Gasteiger partial charge in [-0.2, -0.15) is 0 Å². The van der Waals surface area contributed by atoms with Crippen molar-refractivity contribution in [1.29, 1.82) is 0 Å². The molecule has 1 saturated heterocycles. The fourth-order valence-corrected chi connectivity index (χ4v) is 3.13. The van der Waals surface area contributed by atoms with Gasteiger partial charge in [-0.15, -0.1) is 0 Å². The molecule has 0 bridgehead atoms. The van der Waals surface area contributed by atoms with Crippen LogP contribution in [0.3, 0.4) is 0 Å². The lowest BCUT2D eigenvalue weighted by Crippen LogP contribution is -2.44. The number of amides is 1. The highest BCUT2D eigenvalue weighted by Gasteiger charge is 2.19. The number of carbonyl (C=O) groups excluding carboxylic acids is 1. The molecule has 0 spiro atoms. The van der Waals surface area contributed by atoms with Gasteiger partial charge < -0.3 is 11.1 Å². The van der Waals surface area contributed by atoms with Gasteiger partial charge in [0.1, 0.15) is 0 Å². The first-order chi connectivity index (χ1) is 9.56. The molecule has 0 saturated carbocycles. The van der Waals surface area contributed by atoms with Crippen molar-refractivity contribution in [2.45, 2.75) is 31.8 Å². The summed E-state index contributed by atoms with van der Waals surface area (Å²) in [7, 11) is 0. The van der Waals surface area contributed by atoms with Crippen LogP contribution in [-0.2, 0) is 4.79 Å². The fourth-order valence-electron chi connectivity index (χ4n) is 2.51. The number of likely N-dealkylation sites (tertiary alicyclic amines) is 1. The molecule has 3 N–H and O–H groups in total. The Bertz CT molecular complexity index is 458. The predicted molar refractivity (Wildman–Crippen MR) is 84.3 cm³/mol. The molecule has 0 radical (unpaired) electrons. The Kier molecular flexibility index (Phi) is 5.57. The number of benzene rings is 1. The maximum absolute atomic E-state index is 12.1. The normalized spacial score (nSPS) is 18.8. The van der Waals surface area contributed by atoms with Crippen LogP contribution in [0.25, 0.3) is 0 Å². The van der Waals surface area contributed by atoms with E-state index in [2.05, 4.69) is 26.1 Å². The van der Waals surface area contributed by atoms with Gasteiger partial charge in [0.15, 0.2) is 0 Å². The molecule has 110 valence electrons. The van der Waals surface area contributed by atoms with Crippen molar-refractivity contribution < 1.29 is 4.79 Å². The summed E-state index contributed by atoms with van der Waals surface area (Å²) < 4.78 is 1.02. The van der Waals surface area contributed by atoms with Gasteiger partial charge in [-0.3, -0.25) is 9.69 Å². The Morgan fingerprint density at radius 1 is 1.45 bits per heavy atom. The number of nitrogens with two attached hydrogens (primary N) is 1. The molecular weight excluding hydrogens is 318 g/mol. The molecule has 20 heavy (non-hydrogen) atoms. The summed E-state index contributed by atoms with van der Waals surface area (Å²) in [4.78, 5) is 14.3. The monoisotopic (exact) mass is 339 g/mol. The minimum absolute atomic E-state index is 0.00474. The summed E-state index contributed by atoms with van der Waals surface area (Å²) in [6, 6.07) is 8.27. The van der Waals surface area contributed by atoms with E-state index in [1.54, 1.807) is 0 Å². The van der Waals surface area contributed by atoms with E-state index in [9.17, 15) is 4.79 Å². The second-order valence-electron chi connectivity index (χ2n) is 5.42. The molecule has 1 aromatic rings. The third-order valence-corrected chi connectivity index (χ3v) is 4.47. The van der Waals surface area contributed by atoms with E-state index in [1.165, 1.54) is 0 Å². The zero-order valence-electron chi connectivity index (χ0n) is 11.8. The van der Waals surface area contributed by atoms with Crippen LogP contribution in [0.1, 0.15) is 31.4 Å². The third kappa shape index (κ3) is 4.30. The van der Waals surface area contributed by atoms with Crippen molar-refractivity contribution in [1.82, 2.24) is 10.2 Å². The number of nitrogens with zero attached hydrogens (tertiary/aromatic N) is 1. The zero-order valence-corrected chi connectivity index (χ0v) is 13.4. The van der Waals surface area contributed by atoms with Crippen LogP contribution in [0.4, 0.5) is 0 Å². The topological polar surface area (TPSA) is 58.4 Å². The fraction of sp³-hybridized carbons (Fsp3) is 0.533. The highest BCUT2D eigenvalue weighted by atomic mass is 79.9. The number of hydrogen-bond donors (Lipinski definition) is 2. The number of nitrogens with one attached hydrogen (secondary N) is 1. The Morgan fingerprint density at radius 2 is 2.10 bits per heavy atom. The highest BCUT2D eigenvalue weighted by Crippen LogP contribution is 2.22. The minimum Gasteiger partial charge on any atom is -0.348 e. The average molecular weight is 340 g/mol. The standard InChI is InChI=1S/C15H22BrN3O/c1-11(13-4-2-3-5-14(13)16)18-15(20)10-19-8-6-12(17)7-9-19/h2-5,11-12H,6-10,17H2,1H3,(H,18,20). The van der Waals surface area contributed by atoms with Gasteiger partial charge >= 0.3 is 0 Å². The summed E-state index contributed by atoms with van der Waals surface area (Å²) in [5.74, 6) is 0.0729. The Morgan fingerprint density at radius 3 is 2.75 bits per heavy atom. The molecule has 1 unspecified atom stereocenters. The third-order valence-electron chi connectivity index (χ3n) is 3.75. The quantitative estimate of drug-likeness (QED) is 0.882. The van der Waals surface area contributed by atoms with Crippen LogP contribution in [0.5, 0.6) is 0 Å². The molecule has 1 amide bonds. The van der Waals surface area contributed by atoms with E-state index >= 15 is 0 Å².